The summed E-state index contributed by atoms with van der Waals surface area (Å²) in [6, 6.07) is 12.2. The highest BCUT2D eigenvalue weighted by Crippen LogP contribution is 2.43. The molecule has 8 nitrogen and oxygen atoms in total. The number of nitrogens with one attached hydrogen (secondary N) is 1. The monoisotopic (exact) mass is 474 g/mol. The Labute approximate surface area is 201 Å². The third-order valence-corrected chi connectivity index (χ3v) is 7.27. The Morgan fingerprint density at radius 3 is 2.65 bits per heavy atom. The van der Waals surface area contributed by atoms with Crippen LogP contribution in [0.15, 0.2) is 46.3 Å². The molecule has 34 heavy (non-hydrogen) atoms. The lowest BCUT2D eigenvalue weighted by atomic mass is 10.1. The normalized spacial score (nSPS) is 16.8. The summed E-state index contributed by atoms with van der Waals surface area (Å²) in [5.74, 6) is 3.57. The molecule has 4 aromatic rings. The first kappa shape index (κ1) is 21.2. The molecule has 1 N–H and O–H groups in total. The van der Waals surface area contributed by atoms with Gasteiger partial charge < -0.3 is 14.7 Å². The van der Waals surface area contributed by atoms with E-state index in [0.717, 1.165) is 48.0 Å². The molecule has 6 rings (SSSR count). The summed E-state index contributed by atoms with van der Waals surface area (Å²) in [7, 11) is 0. The van der Waals surface area contributed by atoms with Crippen molar-refractivity contribution in [3.63, 3.8) is 0 Å². The van der Waals surface area contributed by atoms with Gasteiger partial charge in [-0.15, -0.1) is 11.3 Å². The van der Waals surface area contributed by atoms with Crippen LogP contribution in [0.1, 0.15) is 30.3 Å². The standard InChI is InChI=1S/C25H26N6O2S/c1-16-13-20(29-33-16)26-21(32)14-30-9-11-31(12-10-30)24-22-19(17-5-3-2-4-6-17)15-34-25(22)28-23(27-24)18-7-8-18/h2-6,13,15,18H,7-12,14H2,1H3,(H,26,29,32). The van der Waals surface area contributed by atoms with E-state index in [2.05, 4.69) is 49.9 Å². The van der Waals surface area contributed by atoms with Gasteiger partial charge >= 0.3 is 0 Å². The third-order valence-electron chi connectivity index (χ3n) is 6.39. The molecule has 0 unspecified atom stereocenters. The van der Waals surface area contributed by atoms with Gasteiger partial charge in [-0.3, -0.25) is 9.69 Å². The lowest BCUT2D eigenvalue weighted by Gasteiger charge is -2.35. The smallest absolute Gasteiger partial charge is 0.239 e. The molecule has 0 spiro atoms. The summed E-state index contributed by atoms with van der Waals surface area (Å²) < 4.78 is 5.02. The summed E-state index contributed by atoms with van der Waals surface area (Å²) in [5, 5.41) is 10.0. The fourth-order valence-corrected chi connectivity index (χ4v) is 5.40. The third kappa shape index (κ3) is 4.28. The molecule has 3 aromatic heterocycles. The van der Waals surface area contributed by atoms with Crippen LogP contribution >= 0.6 is 11.3 Å². The average Bonchev–Trinajstić information content (AvgIpc) is 3.50. The van der Waals surface area contributed by atoms with Gasteiger partial charge in [0.05, 0.1) is 11.9 Å². The fourth-order valence-electron chi connectivity index (χ4n) is 4.45. The van der Waals surface area contributed by atoms with Crippen LogP contribution in [0, 0.1) is 6.92 Å². The van der Waals surface area contributed by atoms with Gasteiger partial charge in [-0.1, -0.05) is 35.5 Å². The summed E-state index contributed by atoms with van der Waals surface area (Å²) in [6.07, 6.45) is 2.35. The highest BCUT2D eigenvalue weighted by Gasteiger charge is 2.30. The molecule has 0 radical (unpaired) electrons. The predicted octanol–water partition coefficient (Wildman–Crippen LogP) is 4.29. The van der Waals surface area contributed by atoms with Crippen LogP contribution in [0.4, 0.5) is 11.6 Å². The number of hydrogen-bond acceptors (Lipinski definition) is 8. The number of amides is 1. The van der Waals surface area contributed by atoms with Gasteiger partial charge in [0.15, 0.2) is 5.82 Å². The van der Waals surface area contributed by atoms with Crippen molar-refractivity contribution in [2.45, 2.75) is 25.7 Å². The van der Waals surface area contributed by atoms with Crippen molar-refractivity contribution < 1.29 is 9.32 Å². The van der Waals surface area contributed by atoms with Gasteiger partial charge in [-0.2, -0.15) is 0 Å². The molecule has 1 aromatic carbocycles. The summed E-state index contributed by atoms with van der Waals surface area (Å²) in [6.45, 7) is 5.35. The number of rotatable bonds is 6. The first-order valence-corrected chi connectivity index (χ1v) is 12.6. The number of hydrogen-bond donors (Lipinski definition) is 1. The second-order valence-corrected chi connectivity index (χ2v) is 9.87. The maximum Gasteiger partial charge on any atom is 0.239 e. The molecular formula is C25H26N6O2S. The molecule has 4 heterocycles. The largest absolute Gasteiger partial charge is 0.360 e. The van der Waals surface area contributed by atoms with Crippen molar-refractivity contribution in [2.75, 3.05) is 42.9 Å². The average molecular weight is 475 g/mol. The first-order valence-electron chi connectivity index (χ1n) is 11.7. The van der Waals surface area contributed by atoms with Gasteiger partial charge in [0, 0.05) is 49.1 Å². The predicted molar refractivity (Wildman–Crippen MR) is 133 cm³/mol. The lowest BCUT2D eigenvalue weighted by Crippen LogP contribution is -2.49. The van der Waals surface area contributed by atoms with E-state index in [1.165, 1.54) is 24.0 Å². The van der Waals surface area contributed by atoms with Crippen LogP contribution in [0.2, 0.25) is 0 Å². The minimum Gasteiger partial charge on any atom is -0.360 e. The summed E-state index contributed by atoms with van der Waals surface area (Å²) in [4.78, 5) is 28.1. The van der Waals surface area contributed by atoms with Crippen molar-refractivity contribution in [1.82, 2.24) is 20.0 Å². The number of aryl methyl sites for hydroxylation is 1. The molecule has 1 amide bonds. The lowest BCUT2D eigenvalue weighted by molar-refractivity contribution is -0.117. The van der Waals surface area contributed by atoms with Gasteiger partial charge in [-0.05, 0) is 25.3 Å². The van der Waals surface area contributed by atoms with Crippen LogP contribution in [-0.2, 0) is 4.79 Å². The van der Waals surface area contributed by atoms with Crippen LogP contribution < -0.4 is 10.2 Å². The van der Waals surface area contributed by atoms with Crippen molar-refractivity contribution in [2.24, 2.45) is 0 Å². The molecule has 1 saturated carbocycles. The second kappa shape index (κ2) is 8.81. The zero-order chi connectivity index (χ0) is 23.1. The van der Waals surface area contributed by atoms with Gasteiger partial charge in [0.25, 0.3) is 0 Å². The maximum absolute atomic E-state index is 12.4. The Morgan fingerprint density at radius 1 is 1.15 bits per heavy atom. The molecule has 1 aliphatic heterocycles. The van der Waals surface area contributed by atoms with Gasteiger partial charge in [0.2, 0.25) is 5.91 Å². The fraction of sp³-hybridized carbons (Fsp3) is 0.360. The van der Waals surface area contributed by atoms with E-state index in [4.69, 9.17) is 14.5 Å². The minimum atomic E-state index is -0.0774. The van der Waals surface area contributed by atoms with Crippen LogP contribution in [0.25, 0.3) is 21.3 Å². The zero-order valence-electron chi connectivity index (χ0n) is 19.0. The van der Waals surface area contributed by atoms with E-state index < -0.39 is 0 Å². The van der Waals surface area contributed by atoms with E-state index in [-0.39, 0.29) is 5.91 Å². The number of anilines is 2. The Balaban J connectivity index is 1.22. The molecule has 0 bridgehead atoms. The first-order chi connectivity index (χ1) is 16.6. The number of fused-ring (bicyclic) bond motifs is 1. The minimum absolute atomic E-state index is 0.0774. The Hall–Kier alpha value is -3.30. The molecule has 2 aliphatic rings. The number of aromatic nitrogens is 3. The molecule has 1 saturated heterocycles. The maximum atomic E-state index is 12.4. The van der Waals surface area contributed by atoms with Gasteiger partial charge in [-0.25, -0.2) is 9.97 Å². The molecule has 2 fully saturated rings. The van der Waals surface area contributed by atoms with Gasteiger partial charge in [0.1, 0.15) is 22.2 Å². The number of benzene rings is 1. The molecule has 174 valence electrons. The molecule has 1 aliphatic carbocycles. The van der Waals surface area contributed by atoms with Crippen molar-refractivity contribution in [3.8, 4) is 11.1 Å². The number of piperazine rings is 1. The molecule has 0 atom stereocenters. The van der Waals surface area contributed by atoms with Crippen molar-refractivity contribution >= 4 is 39.1 Å². The Morgan fingerprint density at radius 2 is 1.94 bits per heavy atom. The van der Waals surface area contributed by atoms with Crippen LogP contribution in [-0.4, -0.2) is 58.7 Å². The summed E-state index contributed by atoms with van der Waals surface area (Å²) >= 11 is 1.70. The SMILES string of the molecule is Cc1cc(NC(=O)CN2CCN(c3nc(C4CC4)nc4scc(-c5ccccc5)c34)CC2)no1. The number of thiophene rings is 1. The topological polar surface area (TPSA) is 87.4 Å². The number of nitrogens with zero attached hydrogens (tertiary/aromatic N) is 5. The quantitative estimate of drug-likeness (QED) is 0.446. The van der Waals surface area contributed by atoms with E-state index in [1.54, 1.807) is 24.3 Å². The van der Waals surface area contributed by atoms with Crippen LogP contribution in [0.5, 0.6) is 0 Å². The molecular weight excluding hydrogens is 448 g/mol. The second-order valence-electron chi connectivity index (χ2n) is 9.01. The Bertz CT molecular complexity index is 1320. The van der Waals surface area contributed by atoms with E-state index >= 15 is 0 Å². The Kier molecular flexibility index (Phi) is 5.50. The van der Waals surface area contributed by atoms with E-state index in [0.29, 0.717) is 24.0 Å². The highest BCUT2D eigenvalue weighted by atomic mass is 32.1. The van der Waals surface area contributed by atoms with Crippen LogP contribution in [0.3, 0.4) is 0 Å². The molecule has 9 heteroatoms. The van der Waals surface area contributed by atoms with E-state index in [9.17, 15) is 4.79 Å². The highest BCUT2D eigenvalue weighted by molar-refractivity contribution is 7.17. The van der Waals surface area contributed by atoms with Crippen molar-refractivity contribution in [1.29, 1.82) is 0 Å². The number of carbonyl (C=O) groups is 1. The van der Waals surface area contributed by atoms with Crippen molar-refractivity contribution in [3.05, 3.63) is 53.4 Å². The van der Waals surface area contributed by atoms with E-state index in [1.807, 2.05) is 6.07 Å². The summed E-state index contributed by atoms with van der Waals surface area (Å²) in [5.41, 5.74) is 2.39. The zero-order valence-corrected chi connectivity index (χ0v) is 19.8. The number of carbonyl (C=O) groups excluding carboxylic acids is 1.